The van der Waals surface area contributed by atoms with E-state index in [0.29, 0.717) is 4.99 Å². The quantitative estimate of drug-likeness (QED) is 0.805. The lowest BCUT2D eigenvalue weighted by Crippen LogP contribution is -2.27. The predicted octanol–water partition coefficient (Wildman–Crippen LogP) is 0.566. The Kier molecular flexibility index (Phi) is 4.11. The molecule has 0 aliphatic carbocycles. The zero-order valence-electron chi connectivity index (χ0n) is 10.5. The fourth-order valence-electron chi connectivity index (χ4n) is 2.24. The summed E-state index contributed by atoms with van der Waals surface area (Å²) in [4.78, 5) is 6.66. The highest BCUT2D eigenvalue weighted by Crippen LogP contribution is 2.25. The molecule has 1 aliphatic heterocycles. The summed E-state index contributed by atoms with van der Waals surface area (Å²) in [5.41, 5.74) is 7.51. The number of nitrogens with two attached hydrogens (primary N) is 1. The van der Waals surface area contributed by atoms with Crippen LogP contribution in [0.15, 0.2) is 18.5 Å². The molecule has 1 fully saturated rings. The summed E-state index contributed by atoms with van der Waals surface area (Å²) in [6.07, 6.45) is 3.57. The van der Waals surface area contributed by atoms with Crippen LogP contribution in [0.4, 0.5) is 5.69 Å². The molecule has 6 heteroatoms. The first-order valence-electron chi connectivity index (χ1n) is 5.71. The molecule has 18 heavy (non-hydrogen) atoms. The maximum Gasteiger partial charge on any atom is 0.106 e. The van der Waals surface area contributed by atoms with E-state index in [9.17, 15) is 0 Å². The Morgan fingerprint density at radius 2 is 2.00 bits per heavy atom. The smallest absolute Gasteiger partial charge is 0.106 e. The van der Waals surface area contributed by atoms with Gasteiger partial charge in [-0.05, 0) is 6.07 Å². The van der Waals surface area contributed by atoms with Gasteiger partial charge in [0.1, 0.15) is 17.2 Å². The first-order valence-corrected chi connectivity index (χ1v) is 6.12. The summed E-state index contributed by atoms with van der Waals surface area (Å²) < 4.78 is 10.8. The van der Waals surface area contributed by atoms with Gasteiger partial charge in [0, 0.05) is 39.1 Å². The van der Waals surface area contributed by atoms with Crippen molar-refractivity contribution in [3.05, 3.63) is 24.0 Å². The fourth-order valence-corrected chi connectivity index (χ4v) is 2.41. The number of nitrogens with zero attached hydrogens (tertiary/aromatic N) is 2. The molecule has 2 unspecified atom stereocenters. The molecule has 2 heterocycles. The van der Waals surface area contributed by atoms with Crippen molar-refractivity contribution >= 4 is 22.9 Å². The Bertz CT molecular complexity index is 429. The highest BCUT2D eigenvalue weighted by Gasteiger charge is 2.34. The lowest BCUT2D eigenvalue weighted by molar-refractivity contribution is -0.00461. The minimum Gasteiger partial charge on any atom is -0.389 e. The van der Waals surface area contributed by atoms with Gasteiger partial charge in [-0.25, -0.2) is 0 Å². The molecule has 0 spiro atoms. The van der Waals surface area contributed by atoms with Crippen molar-refractivity contribution in [3.63, 3.8) is 0 Å². The van der Waals surface area contributed by atoms with Crippen LogP contribution in [0.1, 0.15) is 5.56 Å². The number of thiocarbonyl (C=S) groups is 1. The van der Waals surface area contributed by atoms with Crippen LogP contribution in [0, 0.1) is 0 Å². The van der Waals surface area contributed by atoms with Gasteiger partial charge in [0.25, 0.3) is 0 Å². The first-order chi connectivity index (χ1) is 8.67. The molecule has 5 nitrogen and oxygen atoms in total. The molecule has 2 atom stereocenters. The molecule has 0 amide bonds. The second-order valence-corrected chi connectivity index (χ2v) is 4.65. The predicted molar refractivity (Wildman–Crippen MR) is 73.9 cm³/mol. The average molecular weight is 267 g/mol. The number of aromatic nitrogens is 1. The summed E-state index contributed by atoms with van der Waals surface area (Å²) in [5.74, 6) is 0. The third-order valence-electron chi connectivity index (χ3n) is 3.23. The highest BCUT2D eigenvalue weighted by atomic mass is 32.1. The van der Waals surface area contributed by atoms with Gasteiger partial charge in [0.05, 0.1) is 11.9 Å². The minimum absolute atomic E-state index is 0.0504. The van der Waals surface area contributed by atoms with Crippen molar-refractivity contribution in [2.24, 2.45) is 5.73 Å². The fraction of sp³-hybridized carbons (Fsp3) is 0.500. The van der Waals surface area contributed by atoms with Gasteiger partial charge in [0.2, 0.25) is 0 Å². The van der Waals surface area contributed by atoms with Crippen LogP contribution in [0.2, 0.25) is 0 Å². The van der Waals surface area contributed by atoms with Crippen LogP contribution in [-0.2, 0) is 9.47 Å². The molecule has 1 aliphatic rings. The SMILES string of the molecule is COC1CN(c2cnccc2C(N)=S)CC1OC. The normalized spacial score (nSPS) is 23.3. The lowest BCUT2D eigenvalue weighted by Gasteiger charge is -2.20. The van der Waals surface area contributed by atoms with Crippen molar-refractivity contribution in [3.8, 4) is 0 Å². The molecule has 0 aromatic carbocycles. The zero-order chi connectivity index (χ0) is 13.1. The second-order valence-electron chi connectivity index (χ2n) is 4.21. The number of hydrogen-bond acceptors (Lipinski definition) is 5. The Balaban J connectivity index is 2.26. The summed E-state index contributed by atoms with van der Waals surface area (Å²) in [6.45, 7) is 1.49. The number of rotatable bonds is 4. The van der Waals surface area contributed by atoms with E-state index in [4.69, 9.17) is 27.4 Å². The number of pyridine rings is 1. The Labute approximate surface area is 112 Å². The summed E-state index contributed by atoms with van der Waals surface area (Å²) in [5, 5.41) is 0. The van der Waals surface area contributed by atoms with Gasteiger partial charge in [-0.15, -0.1) is 0 Å². The molecule has 2 rings (SSSR count). The third-order valence-corrected chi connectivity index (χ3v) is 3.45. The summed E-state index contributed by atoms with van der Waals surface area (Å²) in [6, 6.07) is 1.83. The monoisotopic (exact) mass is 267 g/mol. The van der Waals surface area contributed by atoms with Crippen LogP contribution in [0.5, 0.6) is 0 Å². The van der Waals surface area contributed by atoms with E-state index in [-0.39, 0.29) is 12.2 Å². The van der Waals surface area contributed by atoms with Crippen LogP contribution >= 0.6 is 12.2 Å². The standard InChI is InChI=1S/C12H17N3O2S/c1-16-10-6-15(7-11(10)17-2)9-5-14-4-3-8(9)12(13)18/h3-5,10-11H,6-7H2,1-2H3,(H2,13,18). The molecule has 0 radical (unpaired) electrons. The highest BCUT2D eigenvalue weighted by molar-refractivity contribution is 7.80. The van der Waals surface area contributed by atoms with Crippen molar-refractivity contribution in [2.45, 2.75) is 12.2 Å². The largest absolute Gasteiger partial charge is 0.389 e. The topological polar surface area (TPSA) is 60.6 Å². The van der Waals surface area contributed by atoms with E-state index >= 15 is 0 Å². The van der Waals surface area contributed by atoms with Gasteiger partial charge in [-0.1, -0.05) is 12.2 Å². The second kappa shape index (κ2) is 5.60. The molecule has 1 saturated heterocycles. The van der Waals surface area contributed by atoms with Crippen LogP contribution in [0.3, 0.4) is 0 Å². The Hall–Kier alpha value is -1.24. The summed E-state index contributed by atoms with van der Waals surface area (Å²) in [7, 11) is 3.38. The average Bonchev–Trinajstić information content (AvgIpc) is 2.81. The molecular formula is C12H17N3O2S. The van der Waals surface area contributed by atoms with E-state index in [0.717, 1.165) is 24.3 Å². The van der Waals surface area contributed by atoms with Crippen molar-refractivity contribution in [2.75, 3.05) is 32.2 Å². The maximum atomic E-state index is 5.73. The van der Waals surface area contributed by atoms with Crippen molar-refractivity contribution in [1.82, 2.24) is 4.98 Å². The molecule has 2 N–H and O–H groups in total. The van der Waals surface area contributed by atoms with Crippen LogP contribution < -0.4 is 10.6 Å². The first kappa shape index (κ1) is 13.2. The molecule has 1 aromatic rings. The molecule has 0 saturated carbocycles. The van der Waals surface area contributed by atoms with Gasteiger partial charge in [0.15, 0.2) is 0 Å². The maximum absolute atomic E-state index is 5.73. The number of anilines is 1. The van der Waals surface area contributed by atoms with Gasteiger partial charge >= 0.3 is 0 Å². The van der Waals surface area contributed by atoms with Crippen LogP contribution in [-0.4, -0.2) is 49.5 Å². The number of ether oxygens (including phenoxy) is 2. The van der Waals surface area contributed by atoms with E-state index < -0.39 is 0 Å². The van der Waals surface area contributed by atoms with Gasteiger partial charge in [-0.3, -0.25) is 4.98 Å². The number of hydrogen-bond donors (Lipinski definition) is 1. The van der Waals surface area contributed by atoms with E-state index in [1.165, 1.54) is 0 Å². The molecule has 1 aromatic heterocycles. The van der Waals surface area contributed by atoms with Crippen molar-refractivity contribution in [1.29, 1.82) is 0 Å². The van der Waals surface area contributed by atoms with E-state index in [1.54, 1.807) is 26.6 Å². The van der Waals surface area contributed by atoms with E-state index in [2.05, 4.69) is 9.88 Å². The molecular weight excluding hydrogens is 250 g/mol. The summed E-state index contributed by atoms with van der Waals surface area (Å²) >= 11 is 5.06. The lowest BCUT2D eigenvalue weighted by atomic mass is 10.2. The Morgan fingerprint density at radius 3 is 2.50 bits per heavy atom. The van der Waals surface area contributed by atoms with Gasteiger partial charge < -0.3 is 20.1 Å². The zero-order valence-corrected chi connectivity index (χ0v) is 11.3. The van der Waals surface area contributed by atoms with Gasteiger partial charge in [-0.2, -0.15) is 0 Å². The Morgan fingerprint density at radius 1 is 1.39 bits per heavy atom. The third kappa shape index (κ3) is 2.45. The van der Waals surface area contributed by atoms with E-state index in [1.807, 2.05) is 6.07 Å². The minimum atomic E-state index is 0.0504. The van der Waals surface area contributed by atoms with Crippen molar-refractivity contribution < 1.29 is 9.47 Å². The molecule has 0 bridgehead atoms. The number of methoxy groups -OCH3 is 2. The van der Waals surface area contributed by atoms with Crippen LogP contribution in [0.25, 0.3) is 0 Å². The molecule has 98 valence electrons.